The van der Waals surface area contributed by atoms with E-state index in [-0.39, 0.29) is 12.5 Å². The van der Waals surface area contributed by atoms with Crippen LogP contribution in [0.1, 0.15) is 16.1 Å². The van der Waals surface area contributed by atoms with E-state index in [9.17, 15) is 4.79 Å². The molecule has 25 heavy (non-hydrogen) atoms. The quantitative estimate of drug-likeness (QED) is 0.529. The molecule has 0 unspecified atom stereocenters. The first-order valence-electron chi connectivity index (χ1n) is 7.83. The topological polar surface area (TPSA) is 73.6 Å². The van der Waals surface area contributed by atoms with Crippen LogP contribution in [0.25, 0.3) is 11.3 Å². The van der Waals surface area contributed by atoms with Gasteiger partial charge in [-0.1, -0.05) is 23.4 Å². The van der Waals surface area contributed by atoms with E-state index < -0.39 is 0 Å². The molecule has 1 N–H and O–H groups in total. The highest BCUT2D eigenvalue weighted by atomic mass is 16.6. The van der Waals surface area contributed by atoms with Crippen LogP contribution in [0.15, 0.2) is 65.2 Å². The number of carbonyl (C=O) groups excluding carboxylic acids is 1. The lowest BCUT2D eigenvalue weighted by molar-refractivity contribution is 0.0309. The Kier molecular flexibility index (Phi) is 5.43. The van der Waals surface area contributed by atoms with E-state index >= 15 is 0 Å². The molecule has 6 heteroatoms. The Morgan fingerprint density at radius 1 is 1.12 bits per heavy atom. The summed E-state index contributed by atoms with van der Waals surface area (Å²) in [6.07, 6.45) is 0.498. The third-order valence-electron chi connectivity index (χ3n) is 3.60. The summed E-state index contributed by atoms with van der Waals surface area (Å²) in [7, 11) is 1.62. The van der Waals surface area contributed by atoms with Crippen molar-refractivity contribution >= 4 is 5.91 Å². The third kappa shape index (κ3) is 4.45. The number of aromatic nitrogens is 1. The molecule has 0 radical (unpaired) electrons. The van der Waals surface area contributed by atoms with Gasteiger partial charge in [-0.2, -0.15) is 0 Å². The minimum absolute atomic E-state index is 0.280. The molecule has 0 fully saturated rings. The van der Waals surface area contributed by atoms with Crippen LogP contribution in [0.5, 0.6) is 5.75 Å². The van der Waals surface area contributed by atoms with Crippen LogP contribution >= 0.6 is 0 Å². The maximum absolute atomic E-state index is 11.8. The summed E-state index contributed by atoms with van der Waals surface area (Å²) in [5.74, 6) is 1.19. The van der Waals surface area contributed by atoms with Gasteiger partial charge in [-0.15, -0.1) is 0 Å². The first kappa shape index (κ1) is 16.7. The van der Waals surface area contributed by atoms with Crippen LogP contribution in [-0.4, -0.2) is 24.8 Å². The highest BCUT2D eigenvalue weighted by Crippen LogP contribution is 2.22. The molecule has 1 aromatic heterocycles. The Morgan fingerprint density at radius 3 is 2.60 bits per heavy atom. The van der Waals surface area contributed by atoms with Crippen molar-refractivity contribution in [1.29, 1.82) is 0 Å². The van der Waals surface area contributed by atoms with E-state index in [0.29, 0.717) is 17.7 Å². The van der Waals surface area contributed by atoms with Crippen molar-refractivity contribution in [2.45, 2.75) is 6.42 Å². The smallest absolute Gasteiger partial charge is 0.274 e. The second-order valence-corrected chi connectivity index (χ2v) is 5.30. The van der Waals surface area contributed by atoms with Gasteiger partial charge in [-0.3, -0.25) is 9.63 Å². The van der Waals surface area contributed by atoms with Gasteiger partial charge in [0.2, 0.25) is 0 Å². The van der Waals surface area contributed by atoms with Crippen LogP contribution < -0.4 is 10.2 Å². The van der Waals surface area contributed by atoms with Crippen LogP contribution in [0, 0.1) is 0 Å². The van der Waals surface area contributed by atoms with Crippen LogP contribution in [0.4, 0.5) is 0 Å². The third-order valence-corrected chi connectivity index (χ3v) is 3.60. The summed E-state index contributed by atoms with van der Waals surface area (Å²) in [4.78, 5) is 17.0. The van der Waals surface area contributed by atoms with Crippen molar-refractivity contribution in [2.75, 3.05) is 13.7 Å². The van der Waals surface area contributed by atoms with Gasteiger partial charge in [0.25, 0.3) is 5.91 Å². The molecule has 0 saturated carbocycles. The molecule has 3 aromatic rings. The fourth-order valence-electron chi connectivity index (χ4n) is 2.25. The Bertz CT molecular complexity index is 813. The summed E-state index contributed by atoms with van der Waals surface area (Å²) >= 11 is 0. The second kappa shape index (κ2) is 8.12. The van der Waals surface area contributed by atoms with Crippen molar-refractivity contribution in [3.8, 4) is 17.0 Å². The molecule has 128 valence electrons. The fourth-order valence-corrected chi connectivity index (χ4v) is 2.25. The molecule has 1 heterocycles. The van der Waals surface area contributed by atoms with Gasteiger partial charge in [0.15, 0.2) is 0 Å². The monoisotopic (exact) mass is 338 g/mol. The summed E-state index contributed by atoms with van der Waals surface area (Å²) in [5, 5.41) is 4.04. The highest BCUT2D eigenvalue weighted by Gasteiger charge is 2.08. The largest absolute Gasteiger partial charge is 0.497 e. The van der Waals surface area contributed by atoms with E-state index in [1.54, 1.807) is 31.4 Å². The number of carbonyl (C=O) groups is 1. The Hall–Kier alpha value is -3.12. The molecule has 3 rings (SSSR count). The van der Waals surface area contributed by atoms with Gasteiger partial charge in [0.05, 0.1) is 13.7 Å². The summed E-state index contributed by atoms with van der Waals surface area (Å²) in [6, 6.07) is 18.3. The number of ether oxygens (including phenoxy) is 1. The zero-order valence-corrected chi connectivity index (χ0v) is 13.8. The first-order valence-corrected chi connectivity index (χ1v) is 7.83. The molecule has 0 aliphatic heterocycles. The van der Waals surface area contributed by atoms with Crippen LogP contribution in [0.2, 0.25) is 0 Å². The van der Waals surface area contributed by atoms with Crippen LogP contribution in [-0.2, 0) is 11.3 Å². The maximum atomic E-state index is 11.8. The molecule has 0 aliphatic rings. The number of benzene rings is 2. The zero-order valence-electron chi connectivity index (χ0n) is 13.8. The molecule has 1 amide bonds. The standard InChI is InChI=1S/C19H18N2O4/c1-23-16-9-7-14(8-10-16)18-13-17(25-20-18)11-12-24-21-19(22)15-5-3-2-4-6-15/h2-10,13H,11-12H2,1H3,(H,21,22). The number of nitrogens with one attached hydrogen (secondary N) is 1. The average molecular weight is 338 g/mol. The zero-order chi connectivity index (χ0) is 17.5. The van der Waals surface area contributed by atoms with Gasteiger partial charge in [-0.05, 0) is 36.4 Å². The highest BCUT2D eigenvalue weighted by molar-refractivity contribution is 5.93. The number of hydroxylamine groups is 1. The van der Waals surface area contributed by atoms with Gasteiger partial charge >= 0.3 is 0 Å². The predicted octanol–water partition coefficient (Wildman–Crippen LogP) is 3.25. The summed E-state index contributed by atoms with van der Waals surface area (Å²) in [5.41, 5.74) is 4.63. The van der Waals surface area contributed by atoms with Crippen molar-refractivity contribution in [1.82, 2.24) is 10.6 Å². The number of rotatable bonds is 7. The molecule has 0 bridgehead atoms. The van der Waals surface area contributed by atoms with E-state index in [1.165, 1.54) is 0 Å². The lowest BCUT2D eigenvalue weighted by Gasteiger charge is -2.04. The molecule has 0 aliphatic carbocycles. The fraction of sp³-hybridized carbons (Fsp3) is 0.158. The van der Waals surface area contributed by atoms with E-state index in [1.807, 2.05) is 36.4 Å². The van der Waals surface area contributed by atoms with E-state index in [4.69, 9.17) is 14.1 Å². The van der Waals surface area contributed by atoms with Crippen molar-refractivity contribution in [3.05, 3.63) is 72.0 Å². The van der Waals surface area contributed by atoms with Crippen molar-refractivity contribution < 1.29 is 18.9 Å². The van der Waals surface area contributed by atoms with Gasteiger partial charge in [0, 0.05) is 23.6 Å². The molecule has 2 aromatic carbocycles. The van der Waals surface area contributed by atoms with Crippen molar-refractivity contribution in [3.63, 3.8) is 0 Å². The molecular formula is C19H18N2O4. The second-order valence-electron chi connectivity index (χ2n) is 5.30. The molecule has 0 spiro atoms. The Balaban J connectivity index is 1.48. The molecule has 0 saturated heterocycles. The Labute approximate surface area is 145 Å². The number of hydrogen-bond donors (Lipinski definition) is 1. The minimum Gasteiger partial charge on any atom is -0.497 e. The van der Waals surface area contributed by atoms with E-state index in [2.05, 4.69) is 10.6 Å². The lowest BCUT2D eigenvalue weighted by Crippen LogP contribution is -2.24. The maximum Gasteiger partial charge on any atom is 0.274 e. The number of amides is 1. The number of nitrogens with zero attached hydrogens (tertiary/aromatic N) is 1. The molecule has 0 atom stereocenters. The number of hydrogen-bond acceptors (Lipinski definition) is 5. The van der Waals surface area contributed by atoms with E-state index in [0.717, 1.165) is 17.0 Å². The predicted molar refractivity (Wildman–Crippen MR) is 92.1 cm³/mol. The van der Waals surface area contributed by atoms with Gasteiger partial charge in [0.1, 0.15) is 17.2 Å². The lowest BCUT2D eigenvalue weighted by atomic mass is 10.1. The normalized spacial score (nSPS) is 10.4. The van der Waals surface area contributed by atoms with Crippen LogP contribution in [0.3, 0.4) is 0 Å². The SMILES string of the molecule is COc1ccc(-c2cc(CCONC(=O)c3ccccc3)on2)cc1. The molecule has 6 nitrogen and oxygen atoms in total. The molecular weight excluding hydrogens is 320 g/mol. The summed E-state index contributed by atoms with van der Waals surface area (Å²) in [6.45, 7) is 0.288. The number of methoxy groups -OCH3 is 1. The first-order chi connectivity index (χ1) is 12.3. The van der Waals surface area contributed by atoms with Crippen molar-refractivity contribution in [2.24, 2.45) is 0 Å². The minimum atomic E-state index is -0.280. The summed E-state index contributed by atoms with van der Waals surface area (Å²) < 4.78 is 10.4. The van der Waals surface area contributed by atoms with Gasteiger partial charge in [-0.25, -0.2) is 5.48 Å². The van der Waals surface area contributed by atoms with Gasteiger partial charge < -0.3 is 9.26 Å². The Morgan fingerprint density at radius 2 is 1.88 bits per heavy atom. The average Bonchev–Trinajstić information content (AvgIpc) is 3.15.